The van der Waals surface area contributed by atoms with Gasteiger partial charge in [-0.25, -0.2) is 8.42 Å². The molecule has 0 atom stereocenters. The first-order valence-corrected chi connectivity index (χ1v) is 8.59. The lowest BCUT2D eigenvalue weighted by molar-refractivity contribution is -0.151. The summed E-state index contributed by atoms with van der Waals surface area (Å²) in [5.41, 5.74) is -0.854. The van der Waals surface area contributed by atoms with E-state index in [4.69, 9.17) is 4.52 Å². The van der Waals surface area contributed by atoms with Crippen molar-refractivity contribution in [3.8, 4) is 0 Å². The molecular formula is C12H18N2O5S. The number of sulfone groups is 1. The molecule has 1 fully saturated rings. The fourth-order valence-corrected chi connectivity index (χ4v) is 3.23. The minimum absolute atomic E-state index is 0.0823. The molecular weight excluding hydrogens is 284 g/mol. The van der Waals surface area contributed by atoms with Gasteiger partial charge in [-0.05, 0) is 12.8 Å². The lowest BCUT2D eigenvalue weighted by Crippen LogP contribution is -2.35. The molecule has 0 amide bonds. The fraction of sp³-hybridized carbons (Fsp3) is 0.750. The van der Waals surface area contributed by atoms with Gasteiger partial charge in [0.05, 0.1) is 5.41 Å². The molecule has 7 nitrogen and oxygen atoms in total. The highest BCUT2D eigenvalue weighted by Crippen LogP contribution is 2.39. The summed E-state index contributed by atoms with van der Waals surface area (Å²) in [4.78, 5) is 15.5. The van der Waals surface area contributed by atoms with Gasteiger partial charge in [-0.1, -0.05) is 24.4 Å². The number of rotatable bonds is 5. The van der Waals surface area contributed by atoms with Crippen LogP contribution < -0.4 is 0 Å². The number of nitrogens with zero attached hydrogens (tertiary/aromatic N) is 2. The van der Waals surface area contributed by atoms with Gasteiger partial charge in [0.15, 0.2) is 15.7 Å². The van der Waals surface area contributed by atoms with Crippen LogP contribution in [0.15, 0.2) is 4.52 Å². The molecule has 20 heavy (non-hydrogen) atoms. The van der Waals surface area contributed by atoms with Crippen LogP contribution in [0.5, 0.6) is 0 Å². The molecule has 2 rings (SSSR count). The summed E-state index contributed by atoms with van der Waals surface area (Å²) in [5.74, 6) is -0.858. The Morgan fingerprint density at radius 3 is 2.55 bits per heavy atom. The molecule has 1 aliphatic carbocycles. The Kier molecular flexibility index (Phi) is 4.12. The van der Waals surface area contributed by atoms with Crippen molar-refractivity contribution >= 4 is 15.8 Å². The molecule has 0 unspecified atom stereocenters. The zero-order valence-corrected chi connectivity index (χ0v) is 12.1. The Hall–Kier alpha value is -1.44. The maximum Gasteiger partial charge on any atom is 0.310 e. The summed E-state index contributed by atoms with van der Waals surface area (Å²) < 4.78 is 27.3. The van der Waals surface area contributed by atoms with E-state index in [0.717, 1.165) is 25.5 Å². The van der Waals surface area contributed by atoms with Gasteiger partial charge in [-0.3, -0.25) is 4.79 Å². The van der Waals surface area contributed by atoms with Gasteiger partial charge >= 0.3 is 5.97 Å². The van der Waals surface area contributed by atoms with Gasteiger partial charge < -0.3 is 9.63 Å². The summed E-state index contributed by atoms with van der Waals surface area (Å²) in [6.07, 6.45) is 5.21. The predicted octanol–water partition coefficient (Wildman–Crippen LogP) is 1.19. The minimum atomic E-state index is -3.23. The van der Waals surface area contributed by atoms with E-state index in [2.05, 4.69) is 10.1 Å². The van der Waals surface area contributed by atoms with E-state index in [0.29, 0.717) is 12.8 Å². The summed E-state index contributed by atoms with van der Waals surface area (Å²) in [7, 11) is -3.23. The second-order valence-corrected chi connectivity index (χ2v) is 7.64. The third kappa shape index (κ3) is 3.56. The van der Waals surface area contributed by atoms with E-state index in [9.17, 15) is 18.3 Å². The number of aliphatic carboxylic acids is 1. The molecule has 0 aliphatic heterocycles. The summed E-state index contributed by atoms with van der Waals surface area (Å²) >= 11 is 0. The van der Waals surface area contributed by atoms with Crippen molar-refractivity contribution in [2.24, 2.45) is 5.41 Å². The van der Waals surface area contributed by atoms with Crippen LogP contribution in [-0.4, -0.2) is 35.9 Å². The highest BCUT2D eigenvalue weighted by Gasteiger charge is 2.41. The number of aromatic nitrogens is 2. The number of carboxylic acids is 1. The van der Waals surface area contributed by atoms with E-state index in [1.165, 1.54) is 0 Å². The number of carbonyl (C=O) groups is 1. The molecule has 1 aliphatic rings. The lowest BCUT2D eigenvalue weighted by atomic mass is 9.72. The van der Waals surface area contributed by atoms with Crippen molar-refractivity contribution in [2.75, 3.05) is 6.26 Å². The highest BCUT2D eigenvalue weighted by molar-refractivity contribution is 7.89. The first-order valence-electron chi connectivity index (χ1n) is 6.53. The van der Waals surface area contributed by atoms with Crippen LogP contribution in [0.2, 0.25) is 0 Å². The summed E-state index contributed by atoms with van der Waals surface area (Å²) in [5, 5.41) is 13.1. The van der Waals surface area contributed by atoms with Gasteiger partial charge in [-0.15, -0.1) is 0 Å². The molecule has 0 spiro atoms. The monoisotopic (exact) mass is 302 g/mol. The van der Waals surface area contributed by atoms with Crippen LogP contribution in [0.1, 0.15) is 43.8 Å². The Morgan fingerprint density at radius 1 is 1.35 bits per heavy atom. The Morgan fingerprint density at radius 2 is 2.00 bits per heavy atom. The Balaban J connectivity index is 2.13. The van der Waals surface area contributed by atoms with Crippen LogP contribution in [-0.2, 0) is 26.8 Å². The number of carboxylic acid groups (broad SMARTS) is 1. The van der Waals surface area contributed by atoms with E-state index < -0.39 is 21.2 Å². The molecule has 112 valence electrons. The van der Waals surface area contributed by atoms with Gasteiger partial charge in [0.2, 0.25) is 5.89 Å². The Bertz CT molecular complexity index is 587. The van der Waals surface area contributed by atoms with Crippen LogP contribution in [0.25, 0.3) is 0 Å². The zero-order valence-electron chi connectivity index (χ0n) is 11.3. The summed E-state index contributed by atoms with van der Waals surface area (Å²) in [6.45, 7) is 0. The van der Waals surface area contributed by atoms with Gasteiger partial charge in [0, 0.05) is 12.7 Å². The van der Waals surface area contributed by atoms with Gasteiger partial charge in [0.1, 0.15) is 5.75 Å². The van der Waals surface area contributed by atoms with Gasteiger partial charge in [-0.2, -0.15) is 4.98 Å². The molecule has 1 heterocycles. The standard InChI is InChI=1S/C12H18N2O5S/c1-20(17,18)8-9-13-10(19-14-9)7-12(11(15)16)5-3-2-4-6-12/h2-8H2,1H3,(H,15,16). The maximum absolute atomic E-state index is 11.5. The van der Waals surface area contributed by atoms with Crippen molar-refractivity contribution in [1.29, 1.82) is 0 Å². The van der Waals surface area contributed by atoms with Crippen molar-refractivity contribution in [3.05, 3.63) is 11.7 Å². The van der Waals surface area contributed by atoms with E-state index >= 15 is 0 Å². The third-order valence-electron chi connectivity index (χ3n) is 3.66. The maximum atomic E-state index is 11.5. The summed E-state index contributed by atoms with van der Waals surface area (Å²) in [6, 6.07) is 0. The number of hydrogen-bond donors (Lipinski definition) is 1. The molecule has 0 bridgehead atoms. The molecule has 1 saturated carbocycles. The van der Waals surface area contributed by atoms with Crippen molar-refractivity contribution < 1.29 is 22.8 Å². The molecule has 8 heteroatoms. The third-order valence-corrected chi connectivity index (χ3v) is 4.44. The van der Waals surface area contributed by atoms with E-state index in [1.807, 2.05) is 0 Å². The molecule has 1 aromatic heterocycles. The van der Waals surface area contributed by atoms with Crippen molar-refractivity contribution in [1.82, 2.24) is 10.1 Å². The van der Waals surface area contributed by atoms with Crippen LogP contribution in [0.3, 0.4) is 0 Å². The molecule has 0 radical (unpaired) electrons. The van der Waals surface area contributed by atoms with Gasteiger partial charge in [0.25, 0.3) is 0 Å². The van der Waals surface area contributed by atoms with E-state index in [-0.39, 0.29) is 23.9 Å². The quantitative estimate of drug-likeness (QED) is 0.869. The average molecular weight is 302 g/mol. The number of hydrogen-bond acceptors (Lipinski definition) is 6. The average Bonchev–Trinajstić information content (AvgIpc) is 2.75. The van der Waals surface area contributed by atoms with Crippen LogP contribution in [0.4, 0.5) is 0 Å². The van der Waals surface area contributed by atoms with E-state index in [1.54, 1.807) is 0 Å². The van der Waals surface area contributed by atoms with Crippen LogP contribution >= 0.6 is 0 Å². The Labute approximate surface area is 117 Å². The first-order chi connectivity index (χ1) is 9.31. The largest absolute Gasteiger partial charge is 0.481 e. The normalized spacial score (nSPS) is 18.9. The molecule has 0 saturated heterocycles. The molecule has 0 aromatic carbocycles. The predicted molar refractivity (Wildman–Crippen MR) is 69.7 cm³/mol. The minimum Gasteiger partial charge on any atom is -0.481 e. The smallest absolute Gasteiger partial charge is 0.310 e. The fourth-order valence-electron chi connectivity index (χ4n) is 2.64. The second kappa shape index (κ2) is 5.51. The SMILES string of the molecule is CS(=O)(=O)Cc1noc(CC2(C(=O)O)CCCCC2)n1. The second-order valence-electron chi connectivity index (χ2n) is 5.50. The molecule has 1 N–H and O–H groups in total. The van der Waals surface area contributed by atoms with Crippen LogP contribution in [0, 0.1) is 5.41 Å². The highest BCUT2D eigenvalue weighted by atomic mass is 32.2. The zero-order chi connectivity index (χ0) is 14.8. The van der Waals surface area contributed by atoms with Crippen molar-refractivity contribution in [2.45, 2.75) is 44.3 Å². The topological polar surface area (TPSA) is 110 Å². The lowest BCUT2D eigenvalue weighted by Gasteiger charge is -2.31. The van der Waals surface area contributed by atoms with Crippen molar-refractivity contribution in [3.63, 3.8) is 0 Å². The molecule has 1 aromatic rings. The first kappa shape index (κ1) is 15.0.